The van der Waals surface area contributed by atoms with Crippen molar-refractivity contribution in [3.8, 4) is 0 Å². The molecule has 2 rings (SSSR count). The largest absolute Gasteiger partial charge is 0.396 e. The van der Waals surface area contributed by atoms with E-state index in [1.165, 1.54) is 0 Å². The van der Waals surface area contributed by atoms with Crippen molar-refractivity contribution in [2.24, 2.45) is 17.8 Å². The Morgan fingerprint density at radius 1 is 1.10 bits per heavy atom. The summed E-state index contributed by atoms with van der Waals surface area (Å²) >= 11 is 0. The van der Waals surface area contributed by atoms with Gasteiger partial charge in [0.25, 0.3) is 0 Å². The molecule has 1 aromatic rings. The van der Waals surface area contributed by atoms with Crippen LogP contribution in [0.4, 0.5) is 0 Å². The molecular weight excluding hydrogens is 290 g/mol. The molecule has 0 aromatic heterocycles. The highest BCUT2D eigenvalue weighted by atomic mass is 32.2. The lowest BCUT2D eigenvalue weighted by Crippen LogP contribution is -2.31. The minimum atomic E-state index is -3.51. The number of aliphatic hydroxyl groups excluding tert-OH is 2. The number of aliphatic hydroxyl groups is 2. The molecule has 0 bridgehead atoms. The summed E-state index contributed by atoms with van der Waals surface area (Å²) < 4.78 is 27.1. The Balaban J connectivity index is 2.00. The molecule has 0 heterocycles. The first-order valence-electron chi connectivity index (χ1n) is 7.24. The molecule has 1 aromatic carbocycles. The number of benzene rings is 1. The monoisotopic (exact) mass is 313 g/mol. The molecule has 0 spiro atoms. The highest BCUT2D eigenvalue weighted by Crippen LogP contribution is 2.35. The van der Waals surface area contributed by atoms with Crippen molar-refractivity contribution in [3.05, 3.63) is 29.8 Å². The summed E-state index contributed by atoms with van der Waals surface area (Å²) in [5.41, 5.74) is 1.01. The summed E-state index contributed by atoms with van der Waals surface area (Å²) in [7, 11) is -3.51. The molecule has 6 heteroatoms. The molecule has 0 amide bonds. The first-order valence-corrected chi connectivity index (χ1v) is 8.72. The fourth-order valence-electron chi connectivity index (χ4n) is 2.98. The van der Waals surface area contributed by atoms with E-state index in [0.29, 0.717) is 6.54 Å². The third kappa shape index (κ3) is 4.03. The second-order valence-corrected chi connectivity index (χ2v) is 7.65. The van der Waals surface area contributed by atoms with Crippen molar-refractivity contribution in [2.45, 2.75) is 24.7 Å². The molecule has 3 atom stereocenters. The number of rotatable bonds is 6. The Morgan fingerprint density at radius 3 is 2.29 bits per heavy atom. The van der Waals surface area contributed by atoms with Crippen molar-refractivity contribution >= 4 is 10.0 Å². The molecule has 1 aliphatic rings. The molecule has 21 heavy (non-hydrogen) atoms. The van der Waals surface area contributed by atoms with E-state index >= 15 is 0 Å². The standard InChI is InChI=1S/C15H23NO4S/c1-11-2-4-15(5-3-11)21(19,20)16-8-13-6-12(9-17)7-14(13)10-18/h2-5,12-14,16-18H,6-10H2,1H3. The SMILES string of the molecule is Cc1ccc(S(=O)(=O)NCC2CC(CO)CC2CO)cc1. The lowest BCUT2D eigenvalue weighted by molar-refractivity contribution is 0.188. The van der Waals surface area contributed by atoms with Crippen molar-refractivity contribution in [1.82, 2.24) is 4.72 Å². The average molecular weight is 313 g/mol. The molecule has 0 saturated heterocycles. The van der Waals surface area contributed by atoms with Gasteiger partial charge in [0.2, 0.25) is 10.0 Å². The maximum Gasteiger partial charge on any atom is 0.240 e. The number of hydrogen-bond acceptors (Lipinski definition) is 4. The van der Waals surface area contributed by atoms with Crippen LogP contribution < -0.4 is 4.72 Å². The van der Waals surface area contributed by atoms with E-state index < -0.39 is 10.0 Å². The maximum atomic E-state index is 12.2. The van der Waals surface area contributed by atoms with E-state index in [9.17, 15) is 18.6 Å². The fourth-order valence-corrected chi connectivity index (χ4v) is 4.07. The van der Waals surface area contributed by atoms with Crippen molar-refractivity contribution < 1.29 is 18.6 Å². The predicted molar refractivity (Wildman–Crippen MR) is 80.2 cm³/mol. The second-order valence-electron chi connectivity index (χ2n) is 5.89. The lowest BCUT2D eigenvalue weighted by atomic mass is 9.97. The summed E-state index contributed by atoms with van der Waals surface area (Å²) in [6.07, 6.45) is 1.50. The fraction of sp³-hybridized carbons (Fsp3) is 0.600. The van der Waals surface area contributed by atoms with Gasteiger partial charge in [0.1, 0.15) is 0 Å². The lowest BCUT2D eigenvalue weighted by Gasteiger charge is -2.17. The minimum Gasteiger partial charge on any atom is -0.396 e. The molecule has 1 fully saturated rings. The Bertz CT molecular complexity index is 556. The van der Waals surface area contributed by atoms with Crippen LogP contribution in [-0.2, 0) is 10.0 Å². The predicted octanol–water partition coefficient (Wildman–Crippen LogP) is 0.900. The van der Waals surface area contributed by atoms with Crippen molar-refractivity contribution in [2.75, 3.05) is 19.8 Å². The number of nitrogens with one attached hydrogen (secondary N) is 1. The van der Waals surface area contributed by atoms with Gasteiger partial charge in [-0.1, -0.05) is 17.7 Å². The highest BCUT2D eigenvalue weighted by Gasteiger charge is 2.34. The normalized spacial score (nSPS) is 26.1. The van der Waals surface area contributed by atoms with Gasteiger partial charge in [-0.05, 0) is 49.7 Å². The smallest absolute Gasteiger partial charge is 0.240 e. The van der Waals surface area contributed by atoms with E-state index in [2.05, 4.69) is 4.72 Å². The molecule has 0 aliphatic heterocycles. The third-order valence-corrected chi connectivity index (χ3v) is 5.74. The van der Waals surface area contributed by atoms with Gasteiger partial charge in [0.15, 0.2) is 0 Å². The maximum absolute atomic E-state index is 12.2. The molecule has 118 valence electrons. The number of aryl methyl sites for hydroxylation is 1. The number of hydrogen-bond donors (Lipinski definition) is 3. The molecule has 0 radical (unpaired) electrons. The Kier molecular flexibility index (Phi) is 5.37. The van der Waals surface area contributed by atoms with Gasteiger partial charge in [-0.15, -0.1) is 0 Å². The quantitative estimate of drug-likeness (QED) is 0.728. The van der Waals surface area contributed by atoms with Gasteiger partial charge < -0.3 is 10.2 Å². The molecular formula is C15H23NO4S. The van der Waals surface area contributed by atoms with E-state index in [0.717, 1.165) is 18.4 Å². The Hall–Kier alpha value is -0.950. The van der Waals surface area contributed by atoms with E-state index in [-0.39, 0.29) is 35.9 Å². The van der Waals surface area contributed by atoms with E-state index in [1.54, 1.807) is 24.3 Å². The van der Waals surface area contributed by atoms with Crippen LogP contribution in [0, 0.1) is 24.7 Å². The average Bonchev–Trinajstić information content (AvgIpc) is 2.88. The van der Waals surface area contributed by atoms with Gasteiger partial charge in [-0.2, -0.15) is 0 Å². The van der Waals surface area contributed by atoms with Crippen LogP contribution in [0.3, 0.4) is 0 Å². The summed E-state index contributed by atoms with van der Waals surface area (Å²) in [5.74, 6) is 0.297. The Morgan fingerprint density at radius 2 is 1.71 bits per heavy atom. The van der Waals surface area contributed by atoms with Gasteiger partial charge in [-0.25, -0.2) is 13.1 Å². The van der Waals surface area contributed by atoms with Gasteiger partial charge >= 0.3 is 0 Å². The van der Waals surface area contributed by atoms with Crippen LogP contribution in [0.5, 0.6) is 0 Å². The Labute approximate surface area is 126 Å². The zero-order valence-corrected chi connectivity index (χ0v) is 13.0. The molecule has 1 aliphatic carbocycles. The minimum absolute atomic E-state index is 0.0351. The summed E-state index contributed by atoms with van der Waals surface area (Å²) in [6, 6.07) is 6.71. The molecule has 3 N–H and O–H groups in total. The molecule has 1 saturated carbocycles. The van der Waals surface area contributed by atoms with Gasteiger partial charge in [0, 0.05) is 19.8 Å². The van der Waals surface area contributed by atoms with Crippen LogP contribution >= 0.6 is 0 Å². The molecule has 5 nitrogen and oxygen atoms in total. The first kappa shape index (κ1) is 16.4. The van der Waals surface area contributed by atoms with Gasteiger partial charge in [0.05, 0.1) is 4.90 Å². The van der Waals surface area contributed by atoms with Crippen molar-refractivity contribution in [1.29, 1.82) is 0 Å². The number of sulfonamides is 1. The van der Waals surface area contributed by atoms with Crippen LogP contribution in [0.15, 0.2) is 29.2 Å². The van der Waals surface area contributed by atoms with E-state index in [4.69, 9.17) is 0 Å². The first-order chi connectivity index (χ1) is 9.96. The van der Waals surface area contributed by atoms with Crippen LogP contribution in [0.25, 0.3) is 0 Å². The zero-order chi connectivity index (χ0) is 15.5. The summed E-state index contributed by atoms with van der Waals surface area (Å²) in [6.45, 7) is 2.34. The van der Waals surface area contributed by atoms with Crippen LogP contribution in [0.1, 0.15) is 18.4 Å². The second kappa shape index (κ2) is 6.87. The third-order valence-electron chi connectivity index (χ3n) is 4.30. The van der Waals surface area contributed by atoms with E-state index in [1.807, 2.05) is 6.92 Å². The van der Waals surface area contributed by atoms with Crippen LogP contribution in [0.2, 0.25) is 0 Å². The molecule has 3 unspecified atom stereocenters. The highest BCUT2D eigenvalue weighted by molar-refractivity contribution is 7.89. The van der Waals surface area contributed by atoms with Gasteiger partial charge in [-0.3, -0.25) is 0 Å². The van der Waals surface area contributed by atoms with Crippen molar-refractivity contribution in [3.63, 3.8) is 0 Å². The summed E-state index contributed by atoms with van der Waals surface area (Å²) in [4.78, 5) is 0.255. The van der Waals surface area contributed by atoms with Crippen LogP contribution in [-0.4, -0.2) is 38.4 Å². The summed E-state index contributed by atoms with van der Waals surface area (Å²) in [5, 5.41) is 18.6. The topological polar surface area (TPSA) is 86.6 Å². The zero-order valence-electron chi connectivity index (χ0n) is 12.2.